The zero-order valence-corrected chi connectivity index (χ0v) is 11.7. The number of nitrogens with zero attached hydrogens (tertiary/aromatic N) is 1. The van der Waals surface area contributed by atoms with E-state index >= 15 is 0 Å². The highest BCUT2D eigenvalue weighted by atomic mass is 16.7. The summed E-state index contributed by atoms with van der Waals surface area (Å²) in [6, 6.07) is 9.98. The molecule has 0 spiro atoms. The van der Waals surface area contributed by atoms with Crippen molar-refractivity contribution in [3.05, 3.63) is 53.9 Å². The topological polar surface area (TPSA) is 60.5 Å². The molecule has 108 valence electrons. The number of nitrogens with one attached hydrogen (secondary N) is 1. The lowest BCUT2D eigenvalue weighted by atomic mass is 9.96. The minimum absolute atomic E-state index is 0.496. The van der Waals surface area contributed by atoms with Crippen LogP contribution >= 0.6 is 0 Å². The van der Waals surface area contributed by atoms with Gasteiger partial charge in [0, 0.05) is 25.0 Å². The van der Waals surface area contributed by atoms with E-state index in [9.17, 15) is 4.79 Å². The molecule has 0 radical (unpaired) electrons. The highest BCUT2D eigenvalue weighted by Crippen LogP contribution is 2.31. The molecule has 1 N–H and O–H groups in total. The summed E-state index contributed by atoms with van der Waals surface area (Å²) in [5, 5.41) is 2.43. The van der Waals surface area contributed by atoms with Gasteiger partial charge in [-0.2, -0.15) is 0 Å². The first-order valence-corrected chi connectivity index (χ1v) is 6.81. The first-order chi connectivity index (χ1) is 10.3. The molecule has 1 atom stereocenters. The van der Waals surface area contributed by atoms with E-state index in [4.69, 9.17) is 9.47 Å². The summed E-state index contributed by atoms with van der Waals surface area (Å²) in [6.45, 7) is 0.533. The van der Waals surface area contributed by atoms with Crippen LogP contribution in [0, 0.1) is 0 Å². The van der Waals surface area contributed by atoms with Gasteiger partial charge in [0.1, 0.15) is 0 Å². The van der Waals surface area contributed by atoms with E-state index in [-0.39, 0.29) is 0 Å². The monoisotopic (exact) mass is 284 g/mol. The molecule has 1 amide bonds. The smallest absolute Gasteiger partial charge is 0.409 e. The van der Waals surface area contributed by atoms with E-state index < -0.39 is 12.4 Å². The number of hydrogen-bond donors (Lipinski definition) is 1. The van der Waals surface area contributed by atoms with Crippen LogP contribution in [0.4, 0.5) is 4.79 Å². The second kappa shape index (κ2) is 5.93. The van der Waals surface area contributed by atoms with E-state index in [1.807, 2.05) is 30.5 Å². The molecule has 0 fully saturated rings. The lowest BCUT2D eigenvalue weighted by Crippen LogP contribution is -2.26. The molecule has 5 nitrogen and oxygen atoms in total. The molecule has 2 aromatic rings. The Morgan fingerprint density at radius 3 is 3.05 bits per heavy atom. The van der Waals surface area contributed by atoms with Gasteiger partial charge in [-0.05, 0) is 29.2 Å². The van der Waals surface area contributed by atoms with Gasteiger partial charge in [-0.3, -0.25) is 4.98 Å². The summed E-state index contributed by atoms with van der Waals surface area (Å²) in [5.41, 5.74) is 4.20. The van der Waals surface area contributed by atoms with E-state index in [1.54, 1.807) is 6.20 Å². The Morgan fingerprint density at radius 1 is 1.38 bits per heavy atom. The molecule has 0 saturated carbocycles. The van der Waals surface area contributed by atoms with Gasteiger partial charge in [-0.1, -0.05) is 24.3 Å². The van der Waals surface area contributed by atoms with Crippen molar-refractivity contribution in [2.75, 3.05) is 13.7 Å². The van der Waals surface area contributed by atoms with Gasteiger partial charge in [0.25, 0.3) is 0 Å². The fourth-order valence-corrected chi connectivity index (χ4v) is 2.38. The zero-order valence-electron chi connectivity index (χ0n) is 11.7. The molecule has 1 aliphatic rings. The first kappa shape index (κ1) is 13.6. The maximum Gasteiger partial charge on any atom is 0.409 e. The summed E-state index contributed by atoms with van der Waals surface area (Å²) in [6.07, 6.45) is 3.25. The second-order valence-electron chi connectivity index (χ2n) is 4.76. The normalized spacial score (nSPS) is 16.9. The molecule has 1 aliphatic heterocycles. The number of hydrogen-bond acceptors (Lipinski definition) is 4. The van der Waals surface area contributed by atoms with E-state index in [2.05, 4.69) is 16.4 Å². The zero-order chi connectivity index (χ0) is 14.7. The van der Waals surface area contributed by atoms with Crippen LogP contribution < -0.4 is 5.32 Å². The summed E-state index contributed by atoms with van der Waals surface area (Å²) in [5.74, 6) is 0. The number of fused-ring (bicyclic) bond motifs is 1. The van der Waals surface area contributed by atoms with E-state index in [1.165, 1.54) is 7.05 Å². The van der Waals surface area contributed by atoms with Crippen LogP contribution in [-0.4, -0.2) is 24.7 Å². The molecule has 3 rings (SSSR count). The van der Waals surface area contributed by atoms with Crippen LogP contribution in [0.1, 0.15) is 17.4 Å². The number of rotatable bonds is 2. The summed E-state index contributed by atoms with van der Waals surface area (Å²) < 4.78 is 10.8. The highest BCUT2D eigenvalue weighted by Gasteiger charge is 2.24. The van der Waals surface area contributed by atoms with Gasteiger partial charge in [0.05, 0.1) is 6.61 Å². The summed E-state index contributed by atoms with van der Waals surface area (Å²) in [4.78, 5) is 15.5. The fraction of sp³-hybridized carbons (Fsp3) is 0.250. The van der Waals surface area contributed by atoms with Gasteiger partial charge in [0.2, 0.25) is 6.29 Å². The number of ether oxygens (including phenoxy) is 2. The Hall–Kier alpha value is -2.40. The predicted molar refractivity (Wildman–Crippen MR) is 77.6 cm³/mol. The Kier molecular flexibility index (Phi) is 3.83. The molecule has 21 heavy (non-hydrogen) atoms. The van der Waals surface area contributed by atoms with Gasteiger partial charge in [-0.25, -0.2) is 4.79 Å². The van der Waals surface area contributed by atoms with Gasteiger partial charge < -0.3 is 14.8 Å². The van der Waals surface area contributed by atoms with Crippen LogP contribution in [0.5, 0.6) is 0 Å². The Balaban J connectivity index is 1.90. The number of carbonyl (C=O) groups is 1. The van der Waals surface area contributed by atoms with Crippen LogP contribution in [0.15, 0.2) is 42.7 Å². The SMILES string of the molecule is CNC(=O)OC1OCCc2cc(-c3cccnc3)ccc21. The third-order valence-electron chi connectivity index (χ3n) is 3.45. The summed E-state index contributed by atoms with van der Waals surface area (Å²) >= 11 is 0. The van der Waals surface area contributed by atoms with E-state index in [0.29, 0.717) is 6.61 Å². The Labute approximate surface area is 122 Å². The van der Waals surface area contributed by atoms with Crippen molar-refractivity contribution in [3.63, 3.8) is 0 Å². The van der Waals surface area contributed by atoms with Crippen LogP contribution in [0.2, 0.25) is 0 Å². The van der Waals surface area contributed by atoms with Crippen molar-refractivity contribution in [3.8, 4) is 11.1 Å². The molecular weight excluding hydrogens is 268 g/mol. The quantitative estimate of drug-likeness (QED) is 0.921. The van der Waals surface area contributed by atoms with Crippen molar-refractivity contribution < 1.29 is 14.3 Å². The Bertz CT molecular complexity index is 643. The largest absolute Gasteiger partial charge is 0.415 e. The third kappa shape index (κ3) is 2.87. The predicted octanol–water partition coefficient (Wildman–Crippen LogP) is 2.68. The van der Waals surface area contributed by atoms with E-state index in [0.717, 1.165) is 28.7 Å². The molecule has 5 heteroatoms. The number of amides is 1. The molecular formula is C16H16N2O3. The standard InChI is InChI=1S/C16H16N2O3/c1-17-16(19)21-15-14-5-4-11(9-12(14)6-8-20-15)13-3-2-7-18-10-13/h2-5,7,9-10,15H,6,8H2,1H3,(H,17,19). The number of pyridine rings is 1. The average molecular weight is 284 g/mol. The van der Waals surface area contributed by atoms with Crippen molar-refractivity contribution in [1.29, 1.82) is 0 Å². The van der Waals surface area contributed by atoms with Crippen molar-refractivity contribution >= 4 is 6.09 Å². The van der Waals surface area contributed by atoms with Gasteiger partial charge >= 0.3 is 6.09 Å². The van der Waals surface area contributed by atoms with Crippen LogP contribution in [-0.2, 0) is 15.9 Å². The number of alkyl carbamates (subject to hydrolysis) is 1. The molecule has 1 aromatic heterocycles. The molecule has 0 saturated heterocycles. The maximum atomic E-state index is 11.4. The fourth-order valence-electron chi connectivity index (χ4n) is 2.38. The number of benzene rings is 1. The second-order valence-corrected chi connectivity index (χ2v) is 4.76. The maximum absolute atomic E-state index is 11.4. The molecule has 0 bridgehead atoms. The third-order valence-corrected chi connectivity index (χ3v) is 3.45. The molecule has 1 aromatic carbocycles. The lowest BCUT2D eigenvalue weighted by molar-refractivity contribution is -0.114. The average Bonchev–Trinajstić information content (AvgIpc) is 2.55. The molecule has 1 unspecified atom stereocenters. The van der Waals surface area contributed by atoms with Gasteiger partial charge in [0.15, 0.2) is 0 Å². The molecule has 2 heterocycles. The minimum atomic E-state index is -0.642. The van der Waals surface area contributed by atoms with Gasteiger partial charge in [-0.15, -0.1) is 0 Å². The number of aromatic nitrogens is 1. The van der Waals surface area contributed by atoms with Crippen LogP contribution in [0.3, 0.4) is 0 Å². The summed E-state index contributed by atoms with van der Waals surface area (Å²) in [7, 11) is 1.53. The highest BCUT2D eigenvalue weighted by molar-refractivity contribution is 5.67. The van der Waals surface area contributed by atoms with Crippen molar-refractivity contribution in [2.24, 2.45) is 0 Å². The minimum Gasteiger partial charge on any atom is -0.415 e. The first-order valence-electron chi connectivity index (χ1n) is 6.81. The Morgan fingerprint density at radius 2 is 2.29 bits per heavy atom. The van der Waals surface area contributed by atoms with Crippen molar-refractivity contribution in [1.82, 2.24) is 10.3 Å². The molecule has 0 aliphatic carbocycles. The van der Waals surface area contributed by atoms with Crippen molar-refractivity contribution in [2.45, 2.75) is 12.7 Å². The number of carbonyl (C=O) groups excluding carboxylic acids is 1. The lowest BCUT2D eigenvalue weighted by Gasteiger charge is -2.26. The van der Waals surface area contributed by atoms with Crippen LogP contribution in [0.25, 0.3) is 11.1 Å².